The average molecular weight is 259 g/mol. The minimum absolute atomic E-state index is 0.493. The SMILES string of the molecule is CCOP(Cc1nnc(CCN)nn1)OCC. The van der Waals surface area contributed by atoms with E-state index < -0.39 is 8.38 Å². The largest absolute Gasteiger partial charge is 0.334 e. The number of nitrogens with two attached hydrogens (primary N) is 1. The summed E-state index contributed by atoms with van der Waals surface area (Å²) in [4.78, 5) is 0. The van der Waals surface area contributed by atoms with Crippen molar-refractivity contribution in [2.75, 3.05) is 19.8 Å². The molecule has 1 aromatic heterocycles. The highest BCUT2D eigenvalue weighted by Gasteiger charge is 2.13. The Morgan fingerprint density at radius 2 is 1.53 bits per heavy atom. The van der Waals surface area contributed by atoms with Crippen molar-refractivity contribution in [2.45, 2.75) is 26.4 Å². The molecular formula is C9H18N5O2P. The van der Waals surface area contributed by atoms with Crippen LogP contribution in [0.1, 0.15) is 25.5 Å². The lowest BCUT2D eigenvalue weighted by molar-refractivity contribution is 0.268. The third-order valence-electron chi connectivity index (χ3n) is 1.75. The van der Waals surface area contributed by atoms with Crippen molar-refractivity contribution in [3.8, 4) is 0 Å². The van der Waals surface area contributed by atoms with Crippen LogP contribution in [0.25, 0.3) is 0 Å². The second-order valence-corrected chi connectivity index (χ2v) is 4.60. The van der Waals surface area contributed by atoms with Crippen LogP contribution in [-0.2, 0) is 21.6 Å². The van der Waals surface area contributed by atoms with Crippen molar-refractivity contribution in [2.24, 2.45) is 5.73 Å². The van der Waals surface area contributed by atoms with E-state index in [9.17, 15) is 0 Å². The Hall–Kier alpha value is -0.750. The van der Waals surface area contributed by atoms with Crippen molar-refractivity contribution < 1.29 is 9.05 Å². The Morgan fingerprint density at radius 1 is 1.00 bits per heavy atom. The zero-order chi connectivity index (χ0) is 12.5. The van der Waals surface area contributed by atoms with E-state index in [0.717, 1.165) is 0 Å². The smallest absolute Gasteiger partial charge is 0.182 e. The molecule has 0 aliphatic rings. The molecule has 0 spiro atoms. The van der Waals surface area contributed by atoms with Crippen molar-refractivity contribution in [3.05, 3.63) is 11.6 Å². The molecule has 0 aliphatic carbocycles. The van der Waals surface area contributed by atoms with Gasteiger partial charge in [0.25, 0.3) is 0 Å². The van der Waals surface area contributed by atoms with Crippen molar-refractivity contribution >= 4 is 8.38 Å². The number of nitrogens with zero attached hydrogens (tertiary/aromatic N) is 4. The highest BCUT2D eigenvalue weighted by Crippen LogP contribution is 2.40. The summed E-state index contributed by atoms with van der Waals surface area (Å²) in [7, 11) is -0.984. The molecule has 0 saturated heterocycles. The van der Waals surface area contributed by atoms with Crippen molar-refractivity contribution in [1.29, 1.82) is 0 Å². The van der Waals surface area contributed by atoms with Gasteiger partial charge in [0.1, 0.15) is 0 Å². The quantitative estimate of drug-likeness (QED) is 0.685. The van der Waals surface area contributed by atoms with Crippen LogP contribution >= 0.6 is 8.38 Å². The van der Waals surface area contributed by atoms with Crippen LogP contribution in [0.3, 0.4) is 0 Å². The van der Waals surface area contributed by atoms with Gasteiger partial charge >= 0.3 is 0 Å². The average Bonchev–Trinajstić information content (AvgIpc) is 2.33. The van der Waals surface area contributed by atoms with Gasteiger partial charge in [-0.1, -0.05) is 0 Å². The van der Waals surface area contributed by atoms with E-state index in [1.807, 2.05) is 13.8 Å². The van der Waals surface area contributed by atoms with Crippen LogP contribution in [0.2, 0.25) is 0 Å². The minimum atomic E-state index is -0.984. The molecule has 17 heavy (non-hydrogen) atoms. The molecule has 7 nitrogen and oxygen atoms in total. The summed E-state index contributed by atoms with van der Waals surface area (Å²) >= 11 is 0. The summed E-state index contributed by atoms with van der Waals surface area (Å²) in [5, 5.41) is 15.8. The normalized spacial score (nSPS) is 11.1. The first-order valence-corrected chi connectivity index (χ1v) is 6.95. The maximum absolute atomic E-state index is 5.45. The molecule has 0 aromatic carbocycles. The van der Waals surface area contributed by atoms with E-state index in [1.165, 1.54) is 0 Å². The van der Waals surface area contributed by atoms with Gasteiger partial charge in [-0.05, 0) is 20.4 Å². The lowest BCUT2D eigenvalue weighted by Gasteiger charge is -2.13. The summed E-state index contributed by atoms with van der Waals surface area (Å²) in [6.07, 6.45) is 1.10. The summed E-state index contributed by atoms with van der Waals surface area (Å²) in [6.45, 7) is 5.56. The summed E-state index contributed by atoms with van der Waals surface area (Å²) in [6, 6.07) is 0. The maximum Gasteiger partial charge on any atom is 0.182 e. The molecule has 1 rings (SSSR count). The Bertz CT molecular complexity index is 305. The number of aromatic nitrogens is 4. The number of hydrogen-bond acceptors (Lipinski definition) is 7. The first-order valence-electron chi connectivity index (χ1n) is 5.58. The molecule has 96 valence electrons. The fraction of sp³-hybridized carbons (Fsp3) is 0.778. The fourth-order valence-corrected chi connectivity index (χ4v) is 2.29. The molecule has 0 amide bonds. The number of hydrogen-bond donors (Lipinski definition) is 1. The Balaban J connectivity index is 2.53. The molecule has 1 aromatic rings. The van der Waals surface area contributed by atoms with Gasteiger partial charge in [-0.2, -0.15) is 0 Å². The zero-order valence-corrected chi connectivity index (χ0v) is 11.1. The van der Waals surface area contributed by atoms with Gasteiger partial charge in [0.2, 0.25) is 0 Å². The molecule has 8 heteroatoms. The van der Waals surface area contributed by atoms with Crippen LogP contribution in [0, 0.1) is 0 Å². The Kier molecular flexibility index (Phi) is 7.04. The monoisotopic (exact) mass is 259 g/mol. The van der Waals surface area contributed by atoms with Crippen LogP contribution in [0.5, 0.6) is 0 Å². The van der Waals surface area contributed by atoms with Crippen LogP contribution in [0.15, 0.2) is 0 Å². The van der Waals surface area contributed by atoms with Gasteiger partial charge in [-0.15, -0.1) is 20.4 Å². The maximum atomic E-state index is 5.45. The second kappa shape index (κ2) is 8.36. The minimum Gasteiger partial charge on any atom is -0.334 e. The van der Waals surface area contributed by atoms with Gasteiger partial charge in [0.05, 0.1) is 19.4 Å². The van der Waals surface area contributed by atoms with Crippen molar-refractivity contribution in [1.82, 2.24) is 20.4 Å². The Morgan fingerprint density at radius 3 is 2.00 bits per heavy atom. The summed E-state index contributed by atoms with van der Waals surface area (Å²) in [5.41, 5.74) is 5.39. The Labute approximate surface area is 102 Å². The van der Waals surface area contributed by atoms with E-state index in [-0.39, 0.29) is 0 Å². The third-order valence-corrected chi connectivity index (χ3v) is 3.38. The molecule has 0 radical (unpaired) electrons. The van der Waals surface area contributed by atoms with Gasteiger partial charge < -0.3 is 14.8 Å². The van der Waals surface area contributed by atoms with E-state index in [4.69, 9.17) is 14.8 Å². The predicted molar refractivity (Wildman–Crippen MR) is 64.3 cm³/mol. The lowest BCUT2D eigenvalue weighted by Crippen LogP contribution is -2.10. The second-order valence-electron chi connectivity index (χ2n) is 3.10. The first-order chi connectivity index (χ1) is 8.30. The third kappa shape index (κ3) is 5.41. The topological polar surface area (TPSA) is 96.0 Å². The van der Waals surface area contributed by atoms with Crippen molar-refractivity contribution in [3.63, 3.8) is 0 Å². The summed E-state index contributed by atoms with van der Waals surface area (Å²) in [5.74, 6) is 1.10. The molecule has 0 bridgehead atoms. The lowest BCUT2D eigenvalue weighted by atomic mass is 10.4. The molecule has 1 heterocycles. The van der Waals surface area contributed by atoms with E-state index in [2.05, 4.69) is 20.4 Å². The molecule has 2 N–H and O–H groups in total. The van der Waals surface area contributed by atoms with Gasteiger partial charge in [-0.3, -0.25) is 0 Å². The van der Waals surface area contributed by atoms with E-state index in [0.29, 0.717) is 44.0 Å². The highest BCUT2D eigenvalue weighted by molar-refractivity contribution is 7.46. The molecule has 0 unspecified atom stereocenters. The van der Waals surface area contributed by atoms with E-state index >= 15 is 0 Å². The molecule has 0 aliphatic heterocycles. The van der Waals surface area contributed by atoms with Gasteiger partial charge in [-0.25, -0.2) is 0 Å². The fourth-order valence-electron chi connectivity index (χ4n) is 1.10. The summed E-state index contributed by atoms with van der Waals surface area (Å²) < 4.78 is 10.9. The van der Waals surface area contributed by atoms with Gasteiger partial charge in [0, 0.05) is 6.42 Å². The highest BCUT2D eigenvalue weighted by atomic mass is 31.2. The molecule has 0 saturated carbocycles. The standard InChI is InChI=1S/C9H18N5O2P/c1-3-15-17(16-4-2)7-9-13-11-8(5-6-10)12-14-9/h3-7,10H2,1-2H3. The van der Waals surface area contributed by atoms with Crippen LogP contribution in [0.4, 0.5) is 0 Å². The van der Waals surface area contributed by atoms with Gasteiger partial charge in [0.15, 0.2) is 20.0 Å². The van der Waals surface area contributed by atoms with Crippen LogP contribution in [-0.4, -0.2) is 40.2 Å². The predicted octanol–water partition coefficient (Wildman–Crippen LogP) is 0.653. The van der Waals surface area contributed by atoms with Crippen LogP contribution < -0.4 is 5.73 Å². The first kappa shape index (κ1) is 14.3. The molecule has 0 atom stereocenters. The zero-order valence-electron chi connectivity index (χ0n) is 10.2. The molecular weight excluding hydrogens is 241 g/mol. The van der Waals surface area contributed by atoms with E-state index in [1.54, 1.807) is 0 Å². The molecule has 0 fully saturated rings. The number of rotatable bonds is 8.